The van der Waals surface area contributed by atoms with E-state index >= 15 is 0 Å². The van der Waals surface area contributed by atoms with E-state index in [1.807, 2.05) is 12.1 Å². The van der Waals surface area contributed by atoms with E-state index in [1.165, 1.54) is 5.56 Å². The SMILES string of the molecule is C[C@H](c1cc(Cl)cc(Cl)c1)C(C)(C)C. The second kappa shape index (κ2) is 4.12. The number of rotatable bonds is 1. The maximum absolute atomic E-state index is 5.96. The van der Waals surface area contributed by atoms with E-state index in [2.05, 4.69) is 27.7 Å². The minimum Gasteiger partial charge on any atom is -0.0843 e. The maximum atomic E-state index is 5.96. The maximum Gasteiger partial charge on any atom is 0.0423 e. The van der Waals surface area contributed by atoms with Gasteiger partial charge in [0.05, 0.1) is 0 Å². The summed E-state index contributed by atoms with van der Waals surface area (Å²) in [6.07, 6.45) is 0. The fourth-order valence-corrected chi connectivity index (χ4v) is 1.87. The van der Waals surface area contributed by atoms with Crippen molar-refractivity contribution >= 4 is 23.2 Å². The molecule has 0 aromatic heterocycles. The van der Waals surface area contributed by atoms with Crippen molar-refractivity contribution in [2.24, 2.45) is 5.41 Å². The molecule has 0 aliphatic rings. The van der Waals surface area contributed by atoms with E-state index in [0.29, 0.717) is 16.0 Å². The summed E-state index contributed by atoms with van der Waals surface area (Å²) in [7, 11) is 0. The number of hydrogen-bond donors (Lipinski definition) is 0. The first kappa shape index (κ1) is 11.9. The Labute approximate surface area is 96.2 Å². The Morgan fingerprint density at radius 3 is 1.79 bits per heavy atom. The second-order valence-corrected chi connectivity index (χ2v) is 5.66. The predicted molar refractivity (Wildman–Crippen MR) is 64.3 cm³/mol. The molecule has 1 aromatic carbocycles. The van der Waals surface area contributed by atoms with Crippen molar-refractivity contribution in [3.05, 3.63) is 33.8 Å². The highest BCUT2D eigenvalue weighted by Crippen LogP contribution is 2.36. The Kier molecular flexibility index (Phi) is 3.49. The molecule has 0 nitrogen and oxygen atoms in total. The topological polar surface area (TPSA) is 0 Å². The molecule has 0 heterocycles. The van der Waals surface area contributed by atoms with E-state index in [0.717, 1.165) is 0 Å². The largest absolute Gasteiger partial charge is 0.0843 e. The third-order valence-corrected chi connectivity index (χ3v) is 3.12. The van der Waals surface area contributed by atoms with Crippen molar-refractivity contribution in [3.8, 4) is 0 Å². The van der Waals surface area contributed by atoms with Crippen molar-refractivity contribution in [2.75, 3.05) is 0 Å². The molecule has 0 unspecified atom stereocenters. The third-order valence-electron chi connectivity index (χ3n) is 2.68. The van der Waals surface area contributed by atoms with Crippen molar-refractivity contribution in [1.82, 2.24) is 0 Å². The lowest BCUT2D eigenvalue weighted by Crippen LogP contribution is -2.15. The van der Waals surface area contributed by atoms with Crippen LogP contribution in [0.2, 0.25) is 10.0 Å². The van der Waals surface area contributed by atoms with Crippen LogP contribution in [-0.4, -0.2) is 0 Å². The van der Waals surface area contributed by atoms with E-state index in [1.54, 1.807) is 6.07 Å². The van der Waals surface area contributed by atoms with Crippen LogP contribution in [0.4, 0.5) is 0 Å². The summed E-state index contributed by atoms with van der Waals surface area (Å²) in [6, 6.07) is 5.74. The van der Waals surface area contributed by atoms with Crippen molar-refractivity contribution < 1.29 is 0 Å². The average Bonchev–Trinajstić information content (AvgIpc) is 1.99. The highest BCUT2D eigenvalue weighted by Gasteiger charge is 2.21. The van der Waals surface area contributed by atoms with Gasteiger partial charge in [0.15, 0.2) is 0 Å². The Balaban J connectivity index is 3.07. The molecule has 0 bridgehead atoms. The van der Waals surface area contributed by atoms with Crippen LogP contribution >= 0.6 is 23.2 Å². The normalized spacial score (nSPS) is 14.1. The molecule has 78 valence electrons. The molecular weight excluding hydrogens is 215 g/mol. The van der Waals surface area contributed by atoms with E-state index in [-0.39, 0.29) is 5.41 Å². The number of hydrogen-bond acceptors (Lipinski definition) is 0. The summed E-state index contributed by atoms with van der Waals surface area (Å²) in [5.41, 5.74) is 1.43. The summed E-state index contributed by atoms with van der Waals surface area (Å²) in [6.45, 7) is 8.84. The molecule has 0 saturated heterocycles. The van der Waals surface area contributed by atoms with Crippen LogP contribution in [-0.2, 0) is 0 Å². The zero-order valence-corrected chi connectivity index (χ0v) is 10.6. The lowest BCUT2D eigenvalue weighted by molar-refractivity contribution is 0.339. The summed E-state index contributed by atoms with van der Waals surface area (Å²) < 4.78 is 0. The summed E-state index contributed by atoms with van der Waals surface area (Å²) in [5, 5.41) is 1.42. The smallest absolute Gasteiger partial charge is 0.0423 e. The molecule has 1 rings (SSSR count). The minimum absolute atomic E-state index is 0.230. The van der Waals surface area contributed by atoms with Gasteiger partial charge >= 0.3 is 0 Å². The molecule has 0 N–H and O–H groups in total. The molecule has 1 aromatic rings. The Hall–Kier alpha value is -0.200. The zero-order valence-electron chi connectivity index (χ0n) is 9.07. The molecule has 1 atom stereocenters. The van der Waals surface area contributed by atoms with Gasteiger partial charge in [0.2, 0.25) is 0 Å². The summed E-state index contributed by atoms with van der Waals surface area (Å²) >= 11 is 11.9. The van der Waals surface area contributed by atoms with Crippen LogP contribution in [0.25, 0.3) is 0 Å². The molecular formula is C12H16Cl2. The second-order valence-electron chi connectivity index (χ2n) is 4.79. The Morgan fingerprint density at radius 1 is 1.00 bits per heavy atom. The first-order valence-electron chi connectivity index (χ1n) is 4.76. The fraction of sp³-hybridized carbons (Fsp3) is 0.500. The van der Waals surface area contributed by atoms with Crippen molar-refractivity contribution in [2.45, 2.75) is 33.6 Å². The fourth-order valence-electron chi connectivity index (χ4n) is 1.33. The minimum atomic E-state index is 0.230. The molecule has 0 aliphatic heterocycles. The van der Waals surface area contributed by atoms with Crippen LogP contribution in [0.3, 0.4) is 0 Å². The highest BCUT2D eigenvalue weighted by molar-refractivity contribution is 6.34. The molecule has 14 heavy (non-hydrogen) atoms. The van der Waals surface area contributed by atoms with Crippen LogP contribution < -0.4 is 0 Å². The van der Waals surface area contributed by atoms with Gasteiger partial charge in [-0.15, -0.1) is 0 Å². The number of halogens is 2. The Bertz CT molecular complexity index is 303. The van der Waals surface area contributed by atoms with Crippen LogP contribution in [0.1, 0.15) is 39.2 Å². The van der Waals surface area contributed by atoms with Gasteiger partial charge in [0.25, 0.3) is 0 Å². The molecule has 0 aliphatic carbocycles. The molecule has 0 radical (unpaired) electrons. The first-order chi connectivity index (χ1) is 6.30. The lowest BCUT2D eigenvalue weighted by atomic mass is 9.78. The standard InChI is InChI=1S/C12H16Cl2/c1-8(12(2,3)4)9-5-10(13)7-11(14)6-9/h5-8H,1-4H3/t8-/m1/s1. The quantitative estimate of drug-likeness (QED) is 0.627. The molecule has 0 amide bonds. The molecule has 0 saturated carbocycles. The van der Waals surface area contributed by atoms with Gasteiger partial charge in [0.1, 0.15) is 0 Å². The van der Waals surface area contributed by atoms with Crippen LogP contribution in [0.5, 0.6) is 0 Å². The third kappa shape index (κ3) is 2.90. The van der Waals surface area contributed by atoms with Gasteiger partial charge in [-0.25, -0.2) is 0 Å². The van der Waals surface area contributed by atoms with Gasteiger partial charge in [-0.05, 0) is 35.1 Å². The zero-order chi connectivity index (χ0) is 10.9. The monoisotopic (exact) mass is 230 g/mol. The van der Waals surface area contributed by atoms with Crippen LogP contribution in [0.15, 0.2) is 18.2 Å². The average molecular weight is 231 g/mol. The van der Waals surface area contributed by atoms with Gasteiger partial charge in [-0.3, -0.25) is 0 Å². The van der Waals surface area contributed by atoms with Crippen LogP contribution in [0, 0.1) is 5.41 Å². The van der Waals surface area contributed by atoms with Gasteiger partial charge in [0, 0.05) is 10.0 Å². The highest BCUT2D eigenvalue weighted by atomic mass is 35.5. The van der Waals surface area contributed by atoms with E-state index in [4.69, 9.17) is 23.2 Å². The van der Waals surface area contributed by atoms with E-state index < -0.39 is 0 Å². The van der Waals surface area contributed by atoms with E-state index in [9.17, 15) is 0 Å². The van der Waals surface area contributed by atoms with Crippen molar-refractivity contribution in [1.29, 1.82) is 0 Å². The van der Waals surface area contributed by atoms with Gasteiger partial charge in [-0.1, -0.05) is 50.9 Å². The lowest BCUT2D eigenvalue weighted by Gasteiger charge is -2.27. The molecule has 0 spiro atoms. The molecule has 2 heteroatoms. The summed E-state index contributed by atoms with van der Waals surface area (Å²) in [5.74, 6) is 0.443. The Morgan fingerprint density at radius 2 is 1.43 bits per heavy atom. The van der Waals surface area contributed by atoms with Gasteiger partial charge < -0.3 is 0 Å². The number of benzene rings is 1. The van der Waals surface area contributed by atoms with Crippen molar-refractivity contribution in [3.63, 3.8) is 0 Å². The van der Waals surface area contributed by atoms with Gasteiger partial charge in [-0.2, -0.15) is 0 Å². The summed E-state index contributed by atoms with van der Waals surface area (Å²) in [4.78, 5) is 0. The molecule has 0 fully saturated rings. The predicted octanol–water partition coefficient (Wildman–Crippen LogP) is 5.14. The first-order valence-corrected chi connectivity index (χ1v) is 5.52.